The second-order valence-corrected chi connectivity index (χ2v) is 9.52. The topological polar surface area (TPSA) is 67.3 Å². The Morgan fingerprint density at radius 3 is 2.32 bits per heavy atom. The first-order chi connectivity index (χ1) is 13.4. The summed E-state index contributed by atoms with van der Waals surface area (Å²) in [4.78, 5) is 17.7. The molecule has 6 nitrogen and oxygen atoms in total. The second kappa shape index (κ2) is 9.15. The number of anilines is 2. The number of nitrogens with zero attached hydrogens (tertiary/aromatic N) is 3. The molecule has 0 saturated carbocycles. The molecule has 7 heteroatoms. The molecule has 0 saturated heterocycles. The molecule has 1 unspecified atom stereocenters. The molecule has 3 rings (SSSR count). The van der Waals surface area contributed by atoms with E-state index in [2.05, 4.69) is 15.5 Å². The van der Waals surface area contributed by atoms with Crippen LogP contribution in [0.15, 0.2) is 60.7 Å². The molecule has 1 aromatic heterocycles. The van der Waals surface area contributed by atoms with Crippen LogP contribution in [-0.2, 0) is 16.1 Å². The van der Waals surface area contributed by atoms with Gasteiger partial charge in [-0.3, -0.25) is 0 Å². The Kier molecular flexibility index (Phi) is 6.62. The molecule has 1 heterocycles. The van der Waals surface area contributed by atoms with Crippen molar-refractivity contribution in [2.45, 2.75) is 38.8 Å². The summed E-state index contributed by atoms with van der Waals surface area (Å²) in [5.41, 5.74) is 1.51. The SMILES string of the molecule is CC(C)(C)ON(C=O)C(Cc1nnc(Nc2ccccc2)[se]1)c1ccccc1. The molecule has 28 heavy (non-hydrogen) atoms. The quantitative estimate of drug-likeness (QED) is 0.326. The summed E-state index contributed by atoms with van der Waals surface area (Å²) in [6.07, 6.45) is 1.32. The van der Waals surface area contributed by atoms with Crippen LogP contribution in [-0.4, -0.2) is 41.8 Å². The number of rotatable bonds is 8. The molecule has 0 aliphatic heterocycles. The Balaban J connectivity index is 1.80. The number of para-hydroxylation sites is 1. The van der Waals surface area contributed by atoms with Crippen LogP contribution >= 0.6 is 0 Å². The van der Waals surface area contributed by atoms with Crippen molar-refractivity contribution in [3.8, 4) is 0 Å². The van der Waals surface area contributed by atoms with Gasteiger partial charge in [0.2, 0.25) is 0 Å². The summed E-state index contributed by atoms with van der Waals surface area (Å²) in [5, 5.41) is 13.4. The van der Waals surface area contributed by atoms with Crippen molar-refractivity contribution in [3.05, 3.63) is 70.8 Å². The molecular formula is C21H24N4O2Se. The van der Waals surface area contributed by atoms with Crippen LogP contribution < -0.4 is 5.32 Å². The minimum absolute atomic E-state index is 0.0286. The molecule has 0 spiro atoms. The fourth-order valence-corrected chi connectivity index (χ4v) is 4.37. The monoisotopic (exact) mass is 444 g/mol. The number of nitrogens with one attached hydrogen (secondary N) is 1. The fraction of sp³-hybridized carbons (Fsp3) is 0.286. The van der Waals surface area contributed by atoms with Gasteiger partial charge in [-0.2, -0.15) is 0 Å². The number of hydrogen-bond acceptors (Lipinski definition) is 5. The summed E-state index contributed by atoms with van der Waals surface area (Å²) in [6.45, 7) is 5.77. The number of hydrogen-bond donors (Lipinski definition) is 1. The molecule has 0 aliphatic carbocycles. The van der Waals surface area contributed by atoms with Crippen molar-refractivity contribution in [1.29, 1.82) is 0 Å². The molecule has 0 fully saturated rings. The van der Waals surface area contributed by atoms with Crippen molar-refractivity contribution >= 4 is 31.3 Å². The number of carbonyl (C=O) groups is 1. The zero-order valence-corrected chi connectivity index (χ0v) is 17.9. The van der Waals surface area contributed by atoms with Crippen LogP contribution in [0.1, 0.15) is 36.9 Å². The van der Waals surface area contributed by atoms with E-state index in [4.69, 9.17) is 4.84 Å². The van der Waals surface area contributed by atoms with Crippen molar-refractivity contribution < 1.29 is 9.63 Å². The first kappa shape index (κ1) is 20.3. The Morgan fingerprint density at radius 2 is 1.71 bits per heavy atom. The number of aromatic nitrogens is 2. The third-order valence-electron chi connectivity index (χ3n) is 3.83. The van der Waals surface area contributed by atoms with Crippen LogP contribution in [0.4, 0.5) is 10.4 Å². The molecule has 1 N–H and O–H groups in total. The number of hydroxylamine groups is 2. The van der Waals surface area contributed by atoms with Crippen LogP contribution in [0.25, 0.3) is 0 Å². The molecule has 0 bridgehead atoms. The van der Waals surface area contributed by atoms with Gasteiger partial charge in [-0.15, -0.1) is 0 Å². The van der Waals surface area contributed by atoms with Gasteiger partial charge in [-0.1, -0.05) is 0 Å². The van der Waals surface area contributed by atoms with Gasteiger partial charge in [0.25, 0.3) is 0 Å². The van der Waals surface area contributed by atoms with Gasteiger partial charge >= 0.3 is 171 Å². The van der Waals surface area contributed by atoms with Crippen LogP contribution in [0.2, 0.25) is 0 Å². The Bertz CT molecular complexity index is 878. The zero-order valence-electron chi connectivity index (χ0n) is 16.2. The minimum atomic E-state index is -0.479. The van der Waals surface area contributed by atoms with Crippen LogP contribution in [0.5, 0.6) is 0 Å². The van der Waals surface area contributed by atoms with Crippen molar-refractivity contribution in [2.75, 3.05) is 5.32 Å². The van der Waals surface area contributed by atoms with Gasteiger partial charge in [-0.25, -0.2) is 0 Å². The number of amides is 1. The van der Waals surface area contributed by atoms with E-state index >= 15 is 0 Å². The first-order valence-electron chi connectivity index (χ1n) is 9.07. The van der Waals surface area contributed by atoms with Gasteiger partial charge in [0, 0.05) is 0 Å². The van der Waals surface area contributed by atoms with E-state index in [0.29, 0.717) is 6.42 Å². The summed E-state index contributed by atoms with van der Waals surface area (Å²) >= 11 is -0.0286. The Morgan fingerprint density at radius 1 is 1.07 bits per heavy atom. The second-order valence-electron chi connectivity index (χ2n) is 7.29. The van der Waals surface area contributed by atoms with E-state index in [-0.39, 0.29) is 20.5 Å². The first-order valence-corrected chi connectivity index (χ1v) is 10.8. The van der Waals surface area contributed by atoms with E-state index in [0.717, 1.165) is 26.9 Å². The van der Waals surface area contributed by atoms with E-state index < -0.39 is 5.60 Å². The molecule has 1 atom stereocenters. The summed E-state index contributed by atoms with van der Waals surface area (Å²) in [6, 6.07) is 19.5. The zero-order chi connectivity index (χ0) is 20.0. The predicted molar refractivity (Wildman–Crippen MR) is 110 cm³/mol. The summed E-state index contributed by atoms with van der Waals surface area (Å²) in [5.74, 6) is 0. The maximum absolute atomic E-state index is 11.8. The fourth-order valence-electron chi connectivity index (χ4n) is 2.70. The Hall–Kier alpha value is -2.47. The molecule has 2 aromatic carbocycles. The molecule has 1 amide bonds. The standard InChI is InChI=1S/C21H24N4O2Se/c1-21(2,3)27-25(15-26)18(16-10-6-4-7-11-16)14-19-23-24-20(28-19)22-17-12-8-5-9-13-17/h4-13,15,18H,14H2,1-3H3,(H,22,24). The van der Waals surface area contributed by atoms with E-state index in [1.807, 2.05) is 81.4 Å². The molecule has 0 aliphatic rings. The van der Waals surface area contributed by atoms with Gasteiger partial charge in [-0.05, 0) is 0 Å². The predicted octanol–water partition coefficient (Wildman–Crippen LogP) is 3.75. The van der Waals surface area contributed by atoms with Crippen LogP contribution in [0, 0.1) is 0 Å². The number of benzene rings is 2. The Labute approximate surface area is 171 Å². The van der Waals surface area contributed by atoms with Gasteiger partial charge in [0.05, 0.1) is 0 Å². The molecule has 3 aromatic rings. The third-order valence-corrected chi connectivity index (χ3v) is 5.64. The molecule has 0 radical (unpaired) electrons. The van der Waals surface area contributed by atoms with E-state index in [1.165, 1.54) is 5.06 Å². The van der Waals surface area contributed by atoms with Gasteiger partial charge < -0.3 is 0 Å². The van der Waals surface area contributed by atoms with Gasteiger partial charge in [0.1, 0.15) is 0 Å². The molecule has 146 valence electrons. The number of carbonyl (C=O) groups excluding carboxylic acids is 1. The summed E-state index contributed by atoms with van der Waals surface area (Å²) in [7, 11) is 0. The van der Waals surface area contributed by atoms with Crippen molar-refractivity contribution in [3.63, 3.8) is 0 Å². The van der Waals surface area contributed by atoms with Crippen LogP contribution in [0.3, 0.4) is 0 Å². The average Bonchev–Trinajstić information content (AvgIpc) is 3.12. The molecular weight excluding hydrogens is 419 g/mol. The van der Waals surface area contributed by atoms with E-state index in [9.17, 15) is 4.79 Å². The maximum atomic E-state index is 11.8. The third kappa shape index (κ3) is 5.76. The average molecular weight is 443 g/mol. The summed E-state index contributed by atoms with van der Waals surface area (Å²) < 4.78 is 1.82. The van der Waals surface area contributed by atoms with Crippen molar-refractivity contribution in [1.82, 2.24) is 15.3 Å². The normalized spacial score (nSPS) is 12.4. The van der Waals surface area contributed by atoms with Crippen molar-refractivity contribution in [2.24, 2.45) is 0 Å². The van der Waals surface area contributed by atoms with Gasteiger partial charge in [0.15, 0.2) is 0 Å². The van der Waals surface area contributed by atoms with E-state index in [1.54, 1.807) is 0 Å².